The lowest BCUT2D eigenvalue weighted by molar-refractivity contribution is -0.163. The van der Waals surface area contributed by atoms with Gasteiger partial charge in [0.2, 0.25) is 5.82 Å². The molecule has 2 amide bonds. The van der Waals surface area contributed by atoms with Gasteiger partial charge in [-0.2, -0.15) is 30.7 Å². The zero-order valence-corrected chi connectivity index (χ0v) is 29.8. The highest BCUT2D eigenvalue weighted by Crippen LogP contribution is 2.45. The van der Waals surface area contributed by atoms with Crippen LogP contribution in [0.2, 0.25) is 0 Å². The molecule has 56 heavy (non-hydrogen) atoms. The monoisotopic (exact) mass is 796 g/mol. The van der Waals surface area contributed by atoms with Gasteiger partial charge in [-0.25, -0.2) is 19.4 Å². The van der Waals surface area contributed by atoms with Gasteiger partial charge in [-0.05, 0) is 56.0 Å². The molecule has 2 N–H and O–H groups in total. The molecule has 3 aliphatic heterocycles. The number of aliphatic hydroxyl groups is 1. The van der Waals surface area contributed by atoms with E-state index >= 15 is 8.78 Å². The number of hydrogen-bond donors (Lipinski definition) is 2. The first-order valence-corrected chi connectivity index (χ1v) is 17.8. The van der Waals surface area contributed by atoms with Crippen molar-refractivity contribution < 1.29 is 59.3 Å². The van der Waals surface area contributed by atoms with Gasteiger partial charge < -0.3 is 19.9 Å². The van der Waals surface area contributed by atoms with Crippen LogP contribution in [0.25, 0.3) is 11.3 Å². The van der Waals surface area contributed by atoms with E-state index in [0.29, 0.717) is 57.1 Å². The molecule has 3 aromatic rings. The van der Waals surface area contributed by atoms with E-state index in [-0.39, 0.29) is 42.8 Å². The molecule has 1 aliphatic carbocycles. The van der Waals surface area contributed by atoms with E-state index < -0.39 is 87.4 Å². The van der Waals surface area contributed by atoms with Gasteiger partial charge in [0.05, 0.1) is 42.2 Å². The summed E-state index contributed by atoms with van der Waals surface area (Å²) >= 11 is 0. The normalized spacial score (nSPS) is 21.7. The molecule has 2 bridgehead atoms. The minimum Gasteiger partial charge on any atom is -0.509 e. The minimum absolute atomic E-state index is 0.0858. The maximum absolute atomic E-state index is 15.7. The molecule has 2 aromatic carbocycles. The highest BCUT2D eigenvalue weighted by atomic mass is 19.4. The second kappa shape index (κ2) is 14.9. The zero-order valence-electron chi connectivity index (χ0n) is 29.8. The second-order valence-electron chi connectivity index (χ2n) is 14.2. The summed E-state index contributed by atoms with van der Waals surface area (Å²) in [6.07, 6.45) is -5.92. The maximum atomic E-state index is 15.7. The number of carbonyl (C=O) groups is 2. The summed E-state index contributed by atoms with van der Waals surface area (Å²) in [5, 5.41) is 16.2. The average molecular weight is 797 g/mol. The topological polar surface area (TPSA) is 120 Å². The highest BCUT2D eigenvalue weighted by Gasteiger charge is 2.53. The Bertz CT molecular complexity index is 2040. The molecule has 4 heterocycles. The molecule has 2 saturated heterocycles. The van der Waals surface area contributed by atoms with Gasteiger partial charge in [0.25, 0.3) is 11.8 Å². The van der Waals surface area contributed by atoms with E-state index in [4.69, 9.17) is 9.47 Å². The Morgan fingerprint density at radius 2 is 1.68 bits per heavy atom. The van der Waals surface area contributed by atoms with Crippen molar-refractivity contribution in [2.75, 3.05) is 38.7 Å². The summed E-state index contributed by atoms with van der Waals surface area (Å²) in [6.45, 7) is 1.16. The SMILES string of the molecule is CN1N(Cc2ccc(OCCN3C4CCC3COC4)c(F)c2F)C(=O)C(C(=O)Nc2ccc(C(F)(F)F)cc2-c2cc(C(F)(F)F)ncn2)=C(O)C12CCCC2. The summed E-state index contributed by atoms with van der Waals surface area (Å²) < 4.78 is 124. The van der Waals surface area contributed by atoms with E-state index in [1.165, 1.54) is 24.2 Å². The average Bonchev–Trinajstić information content (AvgIpc) is 3.73. The molecule has 1 aromatic heterocycles. The Morgan fingerprint density at radius 3 is 2.34 bits per heavy atom. The number of fused-ring (bicyclic) bond motifs is 2. The van der Waals surface area contributed by atoms with Crippen molar-refractivity contribution >= 4 is 17.5 Å². The minimum atomic E-state index is -4.99. The van der Waals surface area contributed by atoms with E-state index in [2.05, 4.69) is 20.2 Å². The lowest BCUT2D eigenvalue weighted by Crippen LogP contribution is -2.62. The van der Waals surface area contributed by atoms with Crippen LogP contribution in [-0.2, 0) is 33.2 Å². The third-order valence-electron chi connectivity index (χ3n) is 11.0. The number of benzene rings is 2. The van der Waals surface area contributed by atoms with Gasteiger partial charge in [-0.15, -0.1) is 0 Å². The standard InChI is InChI=1S/C37H36F8N6O5/c1-49-35(10-2-3-11-35)32(52)29(33(53)48-25-8-5-21(36(40,41)42)14-24(25)26-15-28(37(43,44)45)47-19-46-26)34(54)51(49)16-20-4-9-27(31(39)30(20)38)56-13-12-50-22-6-7-23(50)18-55-17-22/h4-5,8-9,14-15,19,22-23,52H,2-3,6-7,10-13,16-18H2,1H3,(H,48,53). The van der Waals surface area contributed by atoms with E-state index in [9.17, 15) is 41.0 Å². The largest absolute Gasteiger partial charge is 0.509 e. The number of anilines is 1. The van der Waals surface area contributed by atoms with Crippen LogP contribution in [0.15, 0.2) is 54.1 Å². The van der Waals surface area contributed by atoms with E-state index in [1.807, 2.05) is 0 Å². The number of aromatic nitrogens is 2. The fourth-order valence-electron chi connectivity index (χ4n) is 8.08. The number of alkyl halides is 6. The van der Waals surface area contributed by atoms with Gasteiger partial charge in [0.1, 0.15) is 30.0 Å². The van der Waals surface area contributed by atoms with Crippen molar-refractivity contribution in [1.82, 2.24) is 24.9 Å². The van der Waals surface area contributed by atoms with Gasteiger partial charge in [-0.1, -0.05) is 18.9 Å². The van der Waals surface area contributed by atoms with Crippen molar-refractivity contribution in [2.24, 2.45) is 0 Å². The lowest BCUT2D eigenvalue weighted by Gasteiger charge is -2.48. The van der Waals surface area contributed by atoms with E-state index in [1.54, 1.807) is 0 Å². The first kappa shape index (κ1) is 39.4. The van der Waals surface area contributed by atoms with Crippen molar-refractivity contribution in [3.05, 3.63) is 82.5 Å². The van der Waals surface area contributed by atoms with Crippen molar-refractivity contribution in [2.45, 2.75) is 75.0 Å². The van der Waals surface area contributed by atoms with Crippen molar-refractivity contribution in [1.29, 1.82) is 0 Å². The van der Waals surface area contributed by atoms with Gasteiger partial charge >= 0.3 is 12.4 Å². The number of morpholine rings is 1. The lowest BCUT2D eigenvalue weighted by atomic mass is 9.88. The quantitative estimate of drug-likeness (QED) is 0.181. The molecule has 19 heteroatoms. The van der Waals surface area contributed by atoms with Crippen LogP contribution in [0.5, 0.6) is 5.75 Å². The van der Waals surface area contributed by atoms with Crippen LogP contribution in [0.4, 0.5) is 40.8 Å². The number of likely N-dealkylation sites (N-methyl/N-ethyl adjacent to an activating group) is 1. The molecule has 1 saturated carbocycles. The fourth-order valence-corrected chi connectivity index (χ4v) is 8.08. The molecule has 0 radical (unpaired) electrons. The first-order chi connectivity index (χ1) is 26.5. The van der Waals surface area contributed by atoms with Crippen LogP contribution in [-0.4, -0.2) is 92.8 Å². The number of halogens is 8. The summed E-state index contributed by atoms with van der Waals surface area (Å²) in [7, 11) is 1.44. The number of ether oxygens (including phenoxy) is 2. The van der Waals surface area contributed by atoms with Crippen molar-refractivity contribution in [3.63, 3.8) is 0 Å². The third kappa shape index (κ3) is 7.27. The predicted octanol–water partition coefficient (Wildman–Crippen LogP) is 6.65. The van der Waals surface area contributed by atoms with Crippen LogP contribution >= 0.6 is 0 Å². The van der Waals surface area contributed by atoms with Gasteiger partial charge in [-0.3, -0.25) is 19.5 Å². The Labute approximate surface area is 314 Å². The smallest absolute Gasteiger partial charge is 0.433 e. The van der Waals surface area contributed by atoms with E-state index in [0.717, 1.165) is 23.9 Å². The Morgan fingerprint density at radius 1 is 0.982 bits per heavy atom. The van der Waals surface area contributed by atoms with Crippen molar-refractivity contribution in [3.8, 4) is 17.0 Å². The van der Waals surface area contributed by atoms with Gasteiger partial charge in [0, 0.05) is 36.8 Å². The van der Waals surface area contributed by atoms with Crippen LogP contribution in [0.3, 0.4) is 0 Å². The van der Waals surface area contributed by atoms with Crippen LogP contribution in [0, 0.1) is 11.6 Å². The second-order valence-corrected chi connectivity index (χ2v) is 14.2. The Hall–Kier alpha value is -4.88. The fraction of sp³-hybridized carbons (Fsp3) is 0.459. The van der Waals surface area contributed by atoms with Crippen LogP contribution in [0.1, 0.15) is 55.3 Å². The number of nitrogens with one attached hydrogen (secondary N) is 1. The molecule has 1 spiro atoms. The summed E-state index contributed by atoms with van der Waals surface area (Å²) in [5.74, 6) is -6.07. The molecule has 2 unspecified atom stereocenters. The first-order valence-electron chi connectivity index (χ1n) is 17.8. The Kier molecular flexibility index (Phi) is 10.5. The molecular weight excluding hydrogens is 760 g/mol. The highest BCUT2D eigenvalue weighted by molar-refractivity contribution is 6.24. The molecule has 300 valence electrons. The van der Waals surface area contributed by atoms with Gasteiger partial charge in [0.15, 0.2) is 11.6 Å². The molecule has 4 aliphatic rings. The number of nitrogens with zero attached hydrogens (tertiary/aromatic N) is 5. The summed E-state index contributed by atoms with van der Waals surface area (Å²) in [4.78, 5) is 37.1. The number of amides is 2. The number of rotatable bonds is 9. The maximum Gasteiger partial charge on any atom is 0.433 e. The predicted molar refractivity (Wildman–Crippen MR) is 181 cm³/mol. The Balaban J connectivity index is 1.16. The number of aliphatic hydroxyl groups excluding tert-OH is 1. The summed E-state index contributed by atoms with van der Waals surface area (Å²) in [6, 6.07) is 5.16. The summed E-state index contributed by atoms with van der Waals surface area (Å²) in [5.41, 5.74) is -6.92. The number of carbonyl (C=O) groups excluding carboxylic acids is 2. The molecule has 11 nitrogen and oxygen atoms in total. The van der Waals surface area contributed by atoms with Crippen LogP contribution < -0.4 is 10.1 Å². The number of hydrazine groups is 1. The molecule has 7 rings (SSSR count). The number of hydrogen-bond acceptors (Lipinski definition) is 9. The molecule has 2 atom stereocenters. The molecule has 3 fully saturated rings. The molecular formula is C37H36F8N6O5. The zero-order chi connectivity index (χ0) is 40.2. The third-order valence-corrected chi connectivity index (χ3v) is 11.0.